The molecule has 0 saturated carbocycles. The van der Waals surface area contributed by atoms with E-state index in [1.165, 1.54) is 30.3 Å². The van der Waals surface area contributed by atoms with Crippen molar-refractivity contribution in [1.29, 1.82) is 0 Å². The third-order valence-corrected chi connectivity index (χ3v) is 6.71. The summed E-state index contributed by atoms with van der Waals surface area (Å²) in [6, 6.07) is 15.4. The van der Waals surface area contributed by atoms with Crippen molar-refractivity contribution >= 4 is 42.4 Å². The maximum Gasteiger partial charge on any atom is 1.00 e. The van der Waals surface area contributed by atoms with Crippen molar-refractivity contribution in [3.05, 3.63) is 104 Å². The van der Waals surface area contributed by atoms with Gasteiger partial charge in [-0.25, -0.2) is 16.8 Å². The quantitative estimate of drug-likeness (QED) is 0.127. The molecule has 4 aromatic carbocycles. The van der Waals surface area contributed by atoms with Crippen LogP contribution in [0.15, 0.2) is 102 Å². The summed E-state index contributed by atoms with van der Waals surface area (Å²) in [6.45, 7) is 0. The molecule has 0 spiro atoms. The zero-order valence-electron chi connectivity index (χ0n) is 19.9. The maximum absolute atomic E-state index is 12.8. The topological polar surface area (TPSA) is 197 Å². The maximum atomic E-state index is 12.8. The Morgan fingerprint density at radius 1 is 0.658 bits per heavy atom. The van der Waals surface area contributed by atoms with E-state index in [4.69, 9.17) is 0 Å². The molecule has 0 atom stereocenters. The van der Waals surface area contributed by atoms with Crippen molar-refractivity contribution in [1.82, 2.24) is 0 Å². The molecule has 16 heteroatoms. The van der Waals surface area contributed by atoms with Crippen LogP contribution in [-0.4, -0.2) is 25.9 Å². The predicted octanol–water partition coefficient (Wildman–Crippen LogP) is -5.89. The molecule has 0 amide bonds. The molecule has 0 radical (unpaired) electrons. The van der Waals surface area contributed by atoms with Crippen LogP contribution in [0.2, 0.25) is 0 Å². The van der Waals surface area contributed by atoms with Gasteiger partial charge in [0.2, 0.25) is 10.9 Å². The van der Waals surface area contributed by atoms with Gasteiger partial charge in [0.15, 0.2) is 5.36 Å². The Labute approximate surface area is 259 Å². The van der Waals surface area contributed by atoms with Crippen LogP contribution in [0.3, 0.4) is 0 Å². The number of nitrogens with one attached hydrogen (secondary N) is 2. The number of nitrogens with zero attached hydrogens (tertiary/aromatic N) is 2. The molecule has 0 unspecified atom stereocenters. The molecule has 4 rings (SSSR count). The minimum atomic E-state index is -4.73. The van der Waals surface area contributed by atoms with Gasteiger partial charge in [-0.3, -0.25) is 20.4 Å². The summed E-state index contributed by atoms with van der Waals surface area (Å²) < 4.78 is 67.7. The van der Waals surface area contributed by atoms with Crippen molar-refractivity contribution in [2.24, 2.45) is 10.2 Å². The van der Waals surface area contributed by atoms with E-state index in [1.54, 1.807) is 18.2 Å². The van der Waals surface area contributed by atoms with Crippen LogP contribution >= 0.6 is 0 Å². The zero-order chi connectivity index (χ0) is 26.1. The Morgan fingerprint density at radius 3 is 1.89 bits per heavy atom. The second kappa shape index (κ2) is 12.7. The molecule has 0 bridgehead atoms. The van der Waals surface area contributed by atoms with Crippen LogP contribution in [-0.2, 0) is 20.2 Å². The number of hydrogen-bond donors (Lipinski definition) is 2. The molecule has 0 aliphatic carbocycles. The first-order valence-electron chi connectivity index (χ1n) is 9.93. The van der Waals surface area contributed by atoms with Gasteiger partial charge in [0, 0.05) is 10.8 Å². The number of benzene rings is 4. The second-order valence-electron chi connectivity index (χ2n) is 7.30. The van der Waals surface area contributed by atoms with Crippen LogP contribution in [0.5, 0.6) is 0 Å². The summed E-state index contributed by atoms with van der Waals surface area (Å²) in [7, 11) is -9.36. The minimum Gasteiger partial charge on any atom is -0.744 e. The first-order valence-corrected chi connectivity index (χ1v) is 12.7. The molecule has 0 saturated heterocycles. The van der Waals surface area contributed by atoms with E-state index in [0.29, 0.717) is 11.1 Å². The predicted molar refractivity (Wildman–Crippen MR) is 126 cm³/mol. The van der Waals surface area contributed by atoms with Crippen molar-refractivity contribution in [2.75, 3.05) is 10.9 Å². The molecule has 4 aromatic rings. The van der Waals surface area contributed by atoms with Crippen LogP contribution in [0.1, 0.15) is 0 Å². The summed E-state index contributed by atoms with van der Waals surface area (Å²) in [5.41, 5.74) is 4.06. The van der Waals surface area contributed by atoms with Gasteiger partial charge in [-0.05, 0) is 48.5 Å². The normalized spacial score (nSPS) is 12.5. The summed E-state index contributed by atoms with van der Waals surface area (Å²) >= 11 is 0. The second-order valence-corrected chi connectivity index (χ2v) is 10.0. The fourth-order valence-corrected chi connectivity index (χ4v) is 4.41. The first kappa shape index (κ1) is 32.0. The van der Waals surface area contributed by atoms with Crippen molar-refractivity contribution in [2.45, 2.75) is 9.79 Å². The molecule has 0 fully saturated rings. The van der Waals surface area contributed by atoms with Gasteiger partial charge in [-0.15, -0.1) is 0 Å². The largest absolute Gasteiger partial charge is 1.00 e. The van der Waals surface area contributed by atoms with Gasteiger partial charge >= 0.3 is 59.1 Å². The molecular formula is C22H14N4Na2O8S2. The van der Waals surface area contributed by atoms with Crippen LogP contribution in [0.4, 0.5) is 11.4 Å². The van der Waals surface area contributed by atoms with Crippen LogP contribution < -0.4 is 91.5 Å². The molecule has 184 valence electrons. The smallest absolute Gasteiger partial charge is 0.744 e. The molecule has 38 heavy (non-hydrogen) atoms. The van der Waals surface area contributed by atoms with E-state index in [-0.39, 0.29) is 75.5 Å². The van der Waals surface area contributed by atoms with E-state index < -0.39 is 46.2 Å². The van der Waals surface area contributed by atoms with E-state index in [1.807, 2.05) is 0 Å². The molecule has 0 aliphatic rings. The summed E-state index contributed by atoms with van der Waals surface area (Å²) in [4.78, 5) is 24.1. The molecule has 0 heterocycles. The van der Waals surface area contributed by atoms with E-state index >= 15 is 0 Å². The van der Waals surface area contributed by atoms with Gasteiger partial charge in [-0.2, -0.15) is 10.2 Å². The molecule has 0 aliphatic heterocycles. The standard InChI is InChI=1S/C22H16N4O8S2.2Na/c27-19-11-9-18(22(28)21(19)26-23-13-5-7-14(8-6-13)35(29,30)31)25-24-17-10-12-20(36(32,33)34)16-4-2-1-3-15(16)17;;/h1-12,23-24H,(H,29,30,31)(H,32,33,34);;/q;2*+1/p-2. The Kier molecular flexibility index (Phi) is 10.7. The van der Waals surface area contributed by atoms with Gasteiger partial charge in [0.25, 0.3) is 0 Å². The molecule has 0 aromatic heterocycles. The Bertz CT molecular complexity index is 1940. The third-order valence-electron chi connectivity index (χ3n) is 4.96. The average Bonchev–Trinajstić information content (AvgIpc) is 2.82. The van der Waals surface area contributed by atoms with Crippen molar-refractivity contribution < 1.29 is 85.1 Å². The Morgan fingerprint density at radius 2 is 1.29 bits per heavy atom. The zero-order valence-corrected chi connectivity index (χ0v) is 25.5. The number of fused-ring (bicyclic) bond motifs is 1. The fourth-order valence-electron chi connectivity index (χ4n) is 3.26. The summed E-state index contributed by atoms with van der Waals surface area (Å²) in [5, 5.41) is 7.61. The van der Waals surface area contributed by atoms with Gasteiger partial charge < -0.3 is 9.11 Å². The number of hydrogen-bond acceptors (Lipinski definition) is 12. The van der Waals surface area contributed by atoms with Crippen molar-refractivity contribution in [3.63, 3.8) is 0 Å². The van der Waals surface area contributed by atoms with Gasteiger partial charge in [-0.1, -0.05) is 24.3 Å². The van der Waals surface area contributed by atoms with E-state index in [0.717, 1.165) is 24.3 Å². The monoisotopic (exact) mass is 572 g/mol. The number of rotatable bonds is 6. The van der Waals surface area contributed by atoms with E-state index in [9.17, 15) is 35.5 Å². The average molecular weight is 572 g/mol. The van der Waals surface area contributed by atoms with Crippen LogP contribution in [0, 0.1) is 0 Å². The van der Waals surface area contributed by atoms with E-state index in [2.05, 4.69) is 21.1 Å². The first-order chi connectivity index (χ1) is 16.9. The molecule has 12 nitrogen and oxygen atoms in total. The van der Waals surface area contributed by atoms with Crippen molar-refractivity contribution in [3.8, 4) is 0 Å². The fraction of sp³-hybridized carbons (Fsp3) is 0. The third kappa shape index (κ3) is 7.24. The summed E-state index contributed by atoms with van der Waals surface area (Å²) in [5.74, 6) is 0. The summed E-state index contributed by atoms with van der Waals surface area (Å²) in [6.07, 6.45) is 0. The SMILES string of the molecule is O=c1ccc(=NNc2ccc(S(=O)(=O)[O-])c3ccccc23)c(=O)c1=NNc1ccc(S(=O)(=O)[O-])cc1.[Na+].[Na+]. The van der Waals surface area contributed by atoms with Gasteiger partial charge in [0.1, 0.15) is 25.6 Å². The molecular weight excluding hydrogens is 558 g/mol. The Balaban J connectivity index is 0.00000253. The van der Waals surface area contributed by atoms with Crippen LogP contribution in [0.25, 0.3) is 10.8 Å². The van der Waals surface area contributed by atoms with Gasteiger partial charge in [0.05, 0.1) is 21.2 Å². The minimum absolute atomic E-state index is 0. The number of anilines is 2. The molecule has 2 N–H and O–H groups in total. The Hall–Kier alpha value is -2.24.